The summed E-state index contributed by atoms with van der Waals surface area (Å²) in [6.45, 7) is 0. The molecule has 0 saturated carbocycles. The Bertz CT molecular complexity index is 489. The minimum atomic E-state index is 0.202. The van der Waals surface area contributed by atoms with E-state index in [2.05, 4.69) is 0 Å². The number of aromatic hydroxyl groups is 1. The van der Waals surface area contributed by atoms with Crippen molar-refractivity contribution in [2.45, 2.75) is 0 Å². The number of carbonyl (C=O) groups is 1. The van der Waals surface area contributed by atoms with Gasteiger partial charge in [0.2, 0.25) is 0 Å². The molecule has 2 heteroatoms. The third-order valence-corrected chi connectivity index (χ3v) is 2.24. The van der Waals surface area contributed by atoms with Crippen LogP contribution in [0, 0.1) is 0 Å². The standard InChI is InChI=1S/C13H10O2/c14-9-11-4-1-2-7-13(11)10-5-3-6-12(15)8-10/h1-9,15H. The lowest BCUT2D eigenvalue weighted by Gasteiger charge is -2.04. The number of benzene rings is 2. The predicted octanol–water partition coefficient (Wildman–Crippen LogP) is 2.87. The van der Waals surface area contributed by atoms with Crippen molar-refractivity contribution in [1.29, 1.82) is 0 Å². The van der Waals surface area contributed by atoms with Gasteiger partial charge in [0.15, 0.2) is 6.29 Å². The summed E-state index contributed by atoms with van der Waals surface area (Å²) in [5, 5.41) is 9.35. The highest BCUT2D eigenvalue weighted by Gasteiger charge is 2.03. The van der Waals surface area contributed by atoms with E-state index in [1.807, 2.05) is 24.3 Å². The molecule has 0 bridgehead atoms. The molecule has 0 aromatic heterocycles. The zero-order valence-corrected chi connectivity index (χ0v) is 8.05. The van der Waals surface area contributed by atoms with Crippen LogP contribution in [0.5, 0.6) is 5.75 Å². The lowest BCUT2D eigenvalue weighted by Crippen LogP contribution is -1.86. The van der Waals surface area contributed by atoms with Crippen LogP contribution in [-0.2, 0) is 0 Å². The van der Waals surface area contributed by atoms with Crippen LogP contribution >= 0.6 is 0 Å². The van der Waals surface area contributed by atoms with Gasteiger partial charge in [0.1, 0.15) is 5.75 Å². The second-order valence-corrected chi connectivity index (χ2v) is 3.26. The molecule has 0 aliphatic rings. The van der Waals surface area contributed by atoms with Crippen LogP contribution in [0.25, 0.3) is 11.1 Å². The van der Waals surface area contributed by atoms with E-state index in [1.54, 1.807) is 24.3 Å². The maximum absolute atomic E-state index is 10.8. The monoisotopic (exact) mass is 198 g/mol. The van der Waals surface area contributed by atoms with Crippen molar-refractivity contribution >= 4 is 6.29 Å². The first-order valence-electron chi connectivity index (χ1n) is 4.65. The summed E-state index contributed by atoms with van der Waals surface area (Å²) in [6, 6.07) is 14.2. The van der Waals surface area contributed by atoms with Crippen LogP contribution in [0.1, 0.15) is 10.4 Å². The molecule has 15 heavy (non-hydrogen) atoms. The molecule has 2 nitrogen and oxygen atoms in total. The molecule has 0 aliphatic heterocycles. The molecule has 0 aliphatic carbocycles. The molecule has 0 atom stereocenters. The van der Waals surface area contributed by atoms with E-state index in [1.165, 1.54) is 0 Å². The lowest BCUT2D eigenvalue weighted by atomic mass is 10.0. The Hall–Kier alpha value is -2.09. The quantitative estimate of drug-likeness (QED) is 0.753. The molecule has 0 amide bonds. The molecule has 2 aromatic rings. The molecule has 2 rings (SSSR count). The second kappa shape index (κ2) is 3.96. The van der Waals surface area contributed by atoms with Crippen LogP contribution in [0.2, 0.25) is 0 Å². The van der Waals surface area contributed by atoms with E-state index in [9.17, 15) is 9.90 Å². The van der Waals surface area contributed by atoms with Crippen molar-refractivity contribution in [3.8, 4) is 16.9 Å². The molecule has 0 heterocycles. The summed E-state index contributed by atoms with van der Waals surface area (Å²) in [7, 11) is 0. The summed E-state index contributed by atoms with van der Waals surface area (Å²) in [5.74, 6) is 0.202. The third kappa shape index (κ3) is 1.89. The van der Waals surface area contributed by atoms with E-state index in [4.69, 9.17) is 0 Å². The largest absolute Gasteiger partial charge is 0.508 e. The topological polar surface area (TPSA) is 37.3 Å². The Morgan fingerprint density at radius 2 is 1.80 bits per heavy atom. The Morgan fingerprint density at radius 3 is 2.53 bits per heavy atom. The number of aldehydes is 1. The van der Waals surface area contributed by atoms with Crippen molar-refractivity contribution in [1.82, 2.24) is 0 Å². The summed E-state index contributed by atoms with van der Waals surface area (Å²) in [4.78, 5) is 10.8. The molecule has 0 saturated heterocycles. The fraction of sp³-hybridized carbons (Fsp3) is 0. The fourth-order valence-electron chi connectivity index (χ4n) is 1.54. The van der Waals surface area contributed by atoms with Crippen molar-refractivity contribution < 1.29 is 9.90 Å². The summed E-state index contributed by atoms with van der Waals surface area (Å²) >= 11 is 0. The fourth-order valence-corrected chi connectivity index (χ4v) is 1.54. The van der Waals surface area contributed by atoms with Crippen LogP contribution < -0.4 is 0 Å². The van der Waals surface area contributed by atoms with E-state index >= 15 is 0 Å². The number of hydrogen-bond donors (Lipinski definition) is 1. The van der Waals surface area contributed by atoms with Crippen LogP contribution in [0.3, 0.4) is 0 Å². The highest BCUT2D eigenvalue weighted by Crippen LogP contribution is 2.25. The highest BCUT2D eigenvalue weighted by atomic mass is 16.3. The molecule has 1 N–H and O–H groups in total. The van der Waals surface area contributed by atoms with Crippen molar-refractivity contribution in [3.05, 3.63) is 54.1 Å². The van der Waals surface area contributed by atoms with E-state index < -0.39 is 0 Å². The molecule has 74 valence electrons. The number of carbonyl (C=O) groups excluding carboxylic acids is 1. The molecule has 0 spiro atoms. The Balaban J connectivity index is 2.58. The zero-order valence-electron chi connectivity index (χ0n) is 8.05. The average molecular weight is 198 g/mol. The van der Waals surface area contributed by atoms with Crippen LogP contribution in [0.4, 0.5) is 0 Å². The van der Waals surface area contributed by atoms with E-state index in [-0.39, 0.29) is 5.75 Å². The van der Waals surface area contributed by atoms with E-state index in [0.717, 1.165) is 17.4 Å². The SMILES string of the molecule is O=Cc1ccccc1-c1cccc(O)c1. The summed E-state index contributed by atoms with van der Waals surface area (Å²) in [6.07, 6.45) is 0.819. The first-order valence-corrected chi connectivity index (χ1v) is 4.65. The van der Waals surface area contributed by atoms with Gasteiger partial charge < -0.3 is 5.11 Å². The van der Waals surface area contributed by atoms with Crippen molar-refractivity contribution in [3.63, 3.8) is 0 Å². The van der Waals surface area contributed by atoms with E-state index in [0.29, 0.717) is 5.56 Å². The number of rotatable bonds is 2. The van der Waals surface area contributed by atoms with Crippen LogP contribution in [-0.4, -0.2) is 11.4 Å². The number of hydrogen-bond acceptors (Lipinski definition) is 2. The average Bonchev–Trinajstić information content (AvgIpc) is 2.29. The van der Waals surface area contributed by atoms with Gasteiger partial charge in [0.25, 0.3) is 0 Å². The van der Waals surface area contributed by atoms with Gasteiger partial charge in [-0.05, 0) is 23.3 Å². The van der Waals surface area contributed by atoms with Gasteiger partial charge in [-0.3, -0.25) is 4.79 Å². The van der Waals surface area contributed by atoms with Gasteiger partial charge in [-0.15, -0.1) is 0 Å². The van der Waals surface area contributed by atoms with Gasteiger partial charge in [-0.2, -0.15) is 0 Å². The zero-order chi connectivity index (χ0) is 10.7. The smallest absolute Gasteiger partial charge is 0.150 e. The molecule has 0 radical (unpaired) electrons. The van der Waals surface area contributed by atoms with Gasteiger partial charge >= 0.3 is 0 Å². The van der Waals surface area contributed by atoms with Gasteiger partial charge in [0, 0.05) is 5.56 Å². The third-order valence-electron chi connectivity index (χ3n) is 2.24. The first-order chi connectivity index (χ1) is 7.31. The Kier molecular flexibility index (Phi) is 2.50. The Labute approximate surface area is 87.8 Å². The normalized spacial score (nSPS) is 9.87. The summed E-state index contributed by atoms with van der Waals surface area (Å²) < 4.78 is 0. The first kappa shape index (κ1) is 9.46. The second-order valence-electron chi connectivity index (χ2n) is 3.26. The van der Waals surface area contributed by atoms with Crippen LogP contribution in [0.15, 0.2) is 48.5 Å². The van der Waals surface area contributed by atoms with Gasteiger partial charge in [0.05, 0.1) is 0 Å². The molecular formula is C13H10O2. The highest BCUT2D eigenvalue weighted by molar-refractivity contribution is 5.87. The van der Waals surface area contributed by atoms with Crippen molar-refractivity contribution in [2.75, 3.05) is 0 Å². The Morgan fingerprint density at radius 1 is 1.00 bits per heavy atom. The number of phenols is 1. The minimum Gasteiger partial charge on any atom is -0.508 e. The van der Waals surface area contributed by atoms with Gasteiger partial charge in [-0.25, -0.2) is 0 Å². The lowest BCUT2D eigenvalue weighted by molar-refractivity contribution is 0.112. The molecular weight excluding hydrogens is 188 g/mol. The maximum Gasteiger partial charge on any atom is 0.150 e. The molecule has 0 unspecified atom stereocenters. The summed E-state index contributed by atoms with van der Waals surface area (Å²) in [5.41, 5.74) is 2.31. The van der Waals surface area contributed by atoms with Gasteiger partial charge in [-0.1, -0.05) is 36.4 Å². The number of phenolic OH excluding ortho intramolecular Hbond substituents is 1. The maximum atomic E-state index is 10.8. The minimum absolute atomic E-state index is 0.202. The van der Waals surface area contributed by atoms with Crippen molar-refractivity contribution in [2.24, 2.45) is 0 Å². The molecule has 0 fully saturated rings. The molecule has 2 aromatic carbocycles. The predicted molar refractivity (Wildman–Crippen MR) is 58.9 cm³/mol.